The number of aromatic nitrogens is 3. The molecular formula is C17H12BrCl3N4OS. The minimum absolute atomic E-state index is 0.174. The molecule has 140 valence electrons. The van der Waals surface area contributed by atoms with E-state index in [1.807, 2.05) is 7.05 Å². The lowest BCUT2D eigenvalue weighted by Crippen LogP contribution is -2.14. The van der Waals surface area contributed by atoms with E-state index in [0.717, 1.165) is 10.0 Å². The van der Waals surface area contributed by atoms with Crippen molar-refractivity contribution in [1.82, 2.24) is 14.8 Å². The summed E-state index contributed by atoms with van der Waals surface area (Å²) in [5.41, 5.74) is 1.34. The molecule has 27 heavy (non-hydrogen) atoms. The summed E-state index contributed by atoms with van der Waals surface area (Å²) >= 11 is 22.8. The van der Waals surface area contributed by atoms with E-state index in [-0.39, 0.29) is 11.7 Å². The molecule has 1 N–H and O–H groups in total. The maximum atomic E-state index is 12.2. The highest BCUT2D eigenvalue weighted by atomic mass is 79.9. The first kappa shape index (κ1) is 20.5. The molecule has 0 unspecified atom stereocenters. The molecule has 1 heterocycles. The van der Waals surface area contributed by atoms with Gasteiger partial charge in [0, 0.05) is 27.8 Å². The first-order valence-electron chi connectivity index (χ1n) is 7.57. The van der Waals surface area contributed by atoms with Crippen molar-refractivity contribution in [3.8, 4) is 11.4 Å². The van der Waals surface area contributed by atoms with Crippen molar-refractivity contribution in [2.24, 2.45) is 7.05 Å². The molecular weight excluding hydrogens is 495 g/mol. The summed E-state index contributed by atoms with van der Waals surface area (Å²) in [5.74, 6) is 0.598. The van der Waals surface area contributed by atoms with Crippen molar-refractivity contribution in [2.45, 2.75) is 5.16 Å². The zero-order chi connectivity index (χ0) is 19.6. The topological polar surface area (TPSA) is 59.8 Å². The fourth-order valence-corrected chi connectivity index (χ4v) is 3.88. The molecule has 0 radical (unpaired) electrons. The maximum Gasteiger partial charge on any atom is 0.234 e. The Morgan fingerprint density at radius 2 is 1.93 bits per heavy atom. The Morgan fingerprint density at radius 1 is 1.15 bits per heavy atom. The lowest BCUT2D eigenvalue weighted by Gasteiger charge is -2.07. The summed E-state index contributed by atoms with van der Waals surface area (Å²) in [7, 11) is 1.81. The Hall–Kier alpha value is -1.25. The van der Waals surface area contributed by atoms with Crippen molar-refractivity contribution in [1.29, 1.82) is 0 Å². The molecule has 3 rings (SSSR count). The van der Waals surface area contributed by atoms with Crippen LogP contribution in [-0.4, -0.2) is 26.4 Å². The van der Waals surface area contributed by atoms with Gasteiger partial charge in [0.1, 0.15) is 0 Å². The molecule has 2 aromatic carbocycles. The van der Waals surface area contributed by atoms with Gasteiger partial charge in [0.15, 0.2) is 11.0 Å². The van der Waals surface area contributed by atoms with Crippen molar-refractivity contribution < 1.29 is 4.79 Å². The van der Waals surface area contributed by atoms with Gasteiger partial charge in [-0.1, -0.05) is 46.6 Å². The monoisotopic (exact) mass is 504 g/mol. The fraction of sp³-hybridized carbons (Fsp3) is 0.118. The van der Waals surface area contributed by atoms with Crippen LogP contribution in [-0.2, 0) is 11.8 Å². The highest BCUT2D eigenvalue weighted by Gasteiger charge is 2.15. The molecule has 3 aromatic rings. The van der Waals surface area contributed by atoms with Gasteiger partial charge in [-0.25, -0.2) is 0 Å². The van der Waals surface area contributed by atoms with Gasteiger partial charge in [-0.2, -0.15) is 0 Å². The molecule has 0 spiro atoms. The van der Waals surface area contributed by atoms with Gasteiger partial charge in [0.25, 0.3) is 0 Å². The minimum atomic E-state index is -0.174. The molecule has 1 amide bonds. The van der Waals surface area contributed by atoms with Crippen LogP contribution in [0.3, 0.4) is 0 Å². The molecule has 0 saturated heterocycles. The zero-order valence-electron chi connectivity index (χ0n) is 13.8. The van der Waals surface area contributed by atoms with E-state index < -0.39 is 0 Å². The van der Waals surface area contributed by atoms with Gasteiger partial charge < -0.3 is 9.88 Å². The number of nitrogens with one attached hydrogen (secondary N) is 1. The lowest BCUT2D eigenvalue weighted by atomic mass is 10.2. The molecule has 0 saturated carbocycles. The fourth-order valence-electron chi connectivity index (χ4n) is 2.25. The van der Waals surface area contributed by atoms with Gasteiger partial charge in [0.05, 0.1) is 15.8 Å². The van der Waals surface area contributed by atoms with E-state index >= 15 is 0 Å². The summed E-state index contributed by atoms with van der Waals surface area (Å²) in [4.78, 5) is 12.2. The number of amides is 1. The molecule has 0 bridgehead atoms. The second-order valence-corrected chi connectivity index (χ2v) is 8.50. The van der Waals surface area contributed by atoms with Crippen LogP contribution in [0, 0.1) is 0 Å². The minimum Gasteiger partial charge on any atom is -0.325 e. The average molecular weight is 507 g/mol. The Balaban J connectivity index is 1.67. The van der Waals surface area contributed by atoms with Crippen LogP contribution < -0.4 is 5.32 Å². The smallest absolute Gasteiger partial charge is 0.234 e. The highest BCUT2D eigenvalue weighted by molar-refractivity contribution is 9.10. The second-order valence-electron chi connectivity index (χ2n) is 5.46. The number of rotatable bonds is 5. The number of carbonyl (C=O) groups is 1. The first-order valence-corrected chi connectivity index (χ1v) is 10.5. The third-order valence-electron chi connectivity index (χ3n) is 3.54. The molecule has 10 heteroatoms. The van der Waals surface area contributed by atoms with Crippen LogP contribution in [0.2, 0.25) is 15.1 Å². The Morgan fingerprint density at radius 3 is 2.63 bits per heavy atom. The summed E-state index contributed by atoms with van der Waals surface area (Å²) < 4.78 is 2.55. The number of thioether (sulfide) groups is 1. The Bertz CT molecular complexity index is 1010. The van der Waals surface area contributed by atoms with E-state index in [1.165, 1.54) is 11.8 Å². The summed E-state index contributed by atoms with van der Waals surface area (Å²) in [6.07, 6.45) is 0. The number of hydrogen-bond acceptors (Lipinski definition) is 4. The summed E-state index contributed by atoms with van der Waals surface area (Å²) in [5, 5.41) is 13.3. The van der Waals surface area contributed by atoms with E-state index in [1.54, 1.807) is 41.0 Å². The third-order valence-corrected chi connectivity index (χ3v) is 6.34. The van der Waals surface area contributed by atoms with E-state index in [2.05, 4.69) is 31.4 Å². The van der Waals surface area contributed by atoms with Gasteiger partial charge in [0.2, 0.25) is 5.91 Å². The van der Waals surface area contributed by atoms with Crippen LogP contribution in [0.1, 0.15) is 0 Å². The summed E-state index contributed by atoms with van der Waals surface area (Å²) in [6, 6.07) is 10.4. The van der Waals surface area contributed by atoms with E-state index in [4.69, 9.17) is 34.8 Å². The number of anilines is 1. The Kier molecular flexibility index (Phi) is 6.70. The molecule has 0 atom stereocenters. The van der Waals surface area contributed by atoms with Crippen LogP contribution in [0.4, 0.5) is 5.69 Å². The van der Waals surface area contributed by atoms with Crippen molar-refractivity contribution >= 4 is 74.1 Å². The molecule has 1 aromatic heterocycles. The number of halogens is 4. The van der Waals surface area contributed by atoms with Crippen molar-refractivity contribution in [3.05, 3.63) is 55.9 Å². The average Bonchev–Trinajstić information content (AvgIpc) is 2.97. The SMILES string of the molecule is Cn1c(SCC(=O)Nc2ccc(Br)c(Cl)c2)nnc1-c1ccc(Cl)cc1Cl. The van der Waals surface area contributed by atoms with E-state index in [9.17, 15) is 4.79 Å². The van der Waals surface area contributed by atoms with Crippen LogP contribution in [0.25, 0.3) is 11.4 Å². The molecule has 0 aliphatic heterocycles. The highest BCUT2D eigenvalue weighted by Crippen LogP contribution is 2.31. The molecule has 0 aliphatic rings. The predicted molar refractivity (Wildman–Crippen MR) is 115 cm³/mol. The normalized spacial score (nSPS) is 10.9. The largest absolute Gasteiger partial charge is 0.325 e. The standard InChI is InChI=1S/C17H12BrCl3N4OS/c1-25-16(11-4-2-9(19)6-13(11)20)23-24-17(25)27-8-15(26)22-10-3-5-12(18)14(21)7-10/h2-7H,8H2,1H3,(H,22,26). The van der Waals surface area contributed by atoms with E-state index in [0.29, 0.717) is 31.7 Å². The lowest BCUT2D eigenvalue weighted by molar-refractivity contribution is -0.113. The van der Waals surface area contributed by atoms with Gasteiger partial charge in [-0.3, -0.25) is 4.79 Å². The first-order chi connectivity index (χ1) is 12.8. The predicted octanol–water partition coefficient (Wildman–Crippen LogP) is 5.94. The van der Waals surface area contributed by atoms with Gasteiger partial charge >= 0.3 is 0 Å². The number of hydrogen-bond donors (Lipinski definition) is 1. The molecule has 0 aliphatic carbocycles. The van der Waals surface area contributed by atoms with Gasteiger partial charge in [-0.15, -0.1) is 10.2 Å². The molecule has 0 fully saturated rings. The summed E-state index contributed by atoms with van der Waals surface area (Å²) in [6.45, 7) is 0. The number of carbonyl (C=O) groups excluding carboxylic acids is 1. The van der Waals surface area contributed by atoms with Crippen molar-refractivity contribution in [2.75, 3.05) is 11.1 Å². The zero-order valence-corrected chi connectivity index (χ0v) is 18.5. The van der Waals surface area contributed by atoms with Crippen LogP contribution in [0.5, 0.6) is 0 Å². The number of benzene rings is 2. The maximum absolute atomic E-state index is 12.2. The Labute approximate surface area is 183 Å². The number of nitrogens with zero attached hydrogens (tertiary/aromatic N) is 3. The quantitative estimate of drug-likeness (QED) is 0.436. The van der Waals surface area contributed by atoms with Gasteiger partial charge in [-0.05, 0) is 52.3 Å². The second kappa shape index (κ2) is 8.84. The van der Waals surface area contributed by atoms with Crippen molar-refractivity contribution in [3.63, 3.8) is 0 Å². The third kappa shape index (κ3) is 4.97. The van der Waals surface area contributed by atoms with Crippen LogP contribution >= 0.6 is 62.5 Å². The molecule has 5 nitrogen and oxygen atoms in total. The van der Waals surface area contributed by atoms with Crippen LogP contribution in [0.15, 0.2) is 46.0 Å².